The second-order valence-electron chi connectivity index (χ2n) is 9.29. The molecular weight excluding hydrogens is 576 g/mol. The molecule has 0 aromatic heterocycles. The fourth-order valence-corrected chi connectivity index (χ4v) is 5.69. The lowest BCUT2D eigenvalue weighted by Gasteiger charge is -2.25. The zero-order valence-corrected chi connectivity index (χ0v) is 24.5. The molecule has 0 heterocycles. The number of nitrogens with one attached hydrogen (secondary N) is 2. The van der Waals surface area contributed by atoms with E-state index in [1.807, 2.05) is 13.0 Å². The molecule has 4 aromatic carbocycles. The van der Waals surface area contributed by atoms with Crippen LogP contribution in [0, 0.1) is 13.8 Å². The van der Waals surface area contributed by atoms with Crippen LogP contribution >= 0.6 is 11.6 Å². The summed E-state index contributed by atoms with van der Waals surface area (Å²) in [4.78, 5) is 25.1. The summed E-state index contributed by atoms with van der Waals surface area (Å²) in [7, 11) is -4.03. The summed E-state index contributed by atoms with van der Waals surface area (Å²) in [5.41, 5.74) is 5.63. The van der Waals surface area contributed by atoms with Gasteiger partial charge in [0.1, 0.15) is 12.3 Å². The van der Waals surface area contributed by atoms with Crippen molar-refractivity contribution >= 4 is 51.0 Å². The van der Waals surface area contributed by atoms with Crippen LogP contribution in [0.3, 0.4) is 0 Å². The number of amides is 2. The predicted molar refractivity (Wildman–Crippen MR) is 165 cm³/mol. The number of nitrogens with zero attached hydrogens (tertiary/aromatic N) is 2. The van der Waals surface area contributed by atoms with Gasteiger partial charge in [-0.05, 0) is 79.6 Å². The number of hydrogen-bond acceptors (Lipinski definition) is 6. The number of sulfonamides is 1. The van der Waals surface area contributed by atoms with Crippen LogP contribution in [-0.4, -0.2) is 39.6 Å². The number of benzene rings is 4. The molecule has 0 saturated carbocycles. The molecule has 11 heteroatoms. The summed E-state index contributed by atoms with van der Waals surface area (Å²) in [5.74, 6) is -0.517. The lowest BCUT2D eigenvalue weighted by Crippen LogP contribution is -2.40. The van der Waals surface area contributed by atoms with Crippen LogP contribution in [0.4, 0.5) is 11.4 Å². The molecule has 0 aliphatic heterocycles. The van der Waals surface area contributed by atoms with Gasteiger partial charge in [-0.2, -0.15) is 5.10 Å². The van der Waals surface area contributed by atoms with Gasteiger partial charge in [-0.3, -0.25) is 13.9 Å². The van der Waals surface area contributed by atoms with Gasteiger partial charge >= 0.3 is 0 Å². The summed E-state index contributed by atoms with van der Waals surface area (Å²) in [6.45, 7) is 3.02. The normalized spacial score (nSPS) is 11.2. The van der Waals surface area contributed by atoms with Crippen LogP contribution < -0.4 is 19.8 Å². The third-order valence-electron chi connectivity index (χ3n) is 6.04. The fourth-order valence-electron chi connectivity index (χ4n) is 4.00. The van der Waals surface area contributed by atoms with Gasteiger partial charge in [0.25, 0.3) is 21.8 Å². The van der Waals surface area contributed by atoms with Crippen molar-refractivity contribution < 1.29 is 22.7 Å². The minimum Gasteiger partial charge on any atom is -0.484 e. The molecule has 0 fully saturated rings. The first-order valence-corrected chi connectivity index (χ1v) is 14.7. The second-order valence-corrected chi connectivity index (χ2v) is 11.6. The molecule has 0 spiro atoms. The Morgan fingerprint density at radius 1 is 0.905 bits per heavy atom. The lowest BCUT2D eigenvalue weighted by atomic mass is 10.1. The third-order valence-corrected chi connectivity index (χ3v) is 8.14. The fraction of sp³-hybridized carbons (Fsp3) is 0.129. The summed E-state index contributed by atoms with van der Waals surface area (Å²) in [6, 6.07) is 26.9. The molecule has 42 heavy (non-hydrogen) atoms. The molecule has 0 saturated heterocycles. The molecule has 0 bridgehead atoms. The Morgan fingerprint density at radius 3 is 2.29 bits per heavy atom. The van der Waals surface area contributed by atoms with Crippen molar-refractivity contribution in [3.05, 3.63) is 119 Å². The highest BCUT2D eigenvalue weighted by atomic mass is 35.5. The van der Waals surface area contributed by atoms with Crippen molar-refractivity contribution in [1.82, 2.24) is 5.43 Å². The molecule has 0 aliphatic rings. The van der Waals surface area contributed by atoms with E-state index in [1.54, 1.807) is 85.8 Å². The first-order chi connectivity index (χ1) is 20.1. The first kappa shape index (κ1) is 30.3. The Balaban J connectivity index is 1.36. The predicted octanol–water partition coefficient (Wildman–Crippen LogP) is 5.32. The highest BCUT2D eigenvalue weighted by molar-refractivity contribution is 7.92. The summed E-state index contributed by atoms with van der Waals surface area (Å²) in [6.07, 6.45) is 1.42. The third kappa shape index (κ3) is 7.96. The summed E-state index contributed by atoms with van der Waals surface area (Å²) >= 11 is 6.05. The number of para-hydroxylation sites is 1. The van der Waals surface area contributed by atoms with Gasteiger partial charge in [0.05, 0.1) is 27.5 Å². The van der Waals surface area contributed by atoms with Gasteiger partial charge in [-0.1, -0.05) is 59.6 Å². The molecule has 216 valence electrons. The summed E-state index contributed by atoms with van der Waals surface area (Å²) < 4.78 is 33.6. The Labute approximate surface area is 249 Å². The second kappa shape index (κ2) is 13.8. The average Bonchev–Trinajstić information content (AvgIpc) is 2.97. The maximum Gasteiger partial charge on any atom is 0.264 e. The average molecular weight is 605 g/mol. The number of rotatable bonds is 11. The number of anilines is 2. The molecule has 0 aliphatic carbocycles. The number of ether oxygens (including phenoxy) is 1. The van der Waals surface area contributed by atoms with E-state index in [0.29, 0.717) is 27.7 Å². The maximum atomic E-state index is 13.5. The zero-order chi connectivity index (χ0) is 30.1. The topological polar surface area (TPSA) is 117 Å². The van der Waals surface area contributed by atoms with E-state index >= 15 is 0 Å². The SMILES string of the molecule is Cc1ccc(N(CC(=O)N/N=C\c2ccc(OCC(=O)Nc3ccccc3Cl)cc2)S(=O)(=O)c2ccccc2)c(C)c1. The van der Waals surface area contributed by atoms with Crippen LogP contribution in [0.1, 0.15) is 16.7 Å². The van der Waals surface area contributed by atoms with Crippen LogP contribution in [0.2, 0.25) is 5.02 Å². The Hall–Kier alpha value is -4.67. The highest BCUT2D eigenvalue weighted by Gasteiger charge is 2.28. The smallest absolute Gasteiger partial charge is 0.264 e. The lowest BCUT2D eigenvalue weighted by molar-refractivity contribution is -0.119. The number of carbonyl (C=O) groups excluding carboxylic acids is 2. The van der Waals surface area contributed by atoms with E-state index in [0.717, 1.165) is 15.4 Å². The van der Waals surface area contributed by atoms with E-state index in [-0.39, 0.29) is 17.4 Å². The molecule has 0 radical (unpaired) electrons. The number of hydrogen-bond donors (Lipinski definition) is 2. The van der Waals surface area contributed by atoms with Crippen LogP contribution in [0.15, 0.2) is 107 Å². The number of halogens is 1. The van der Waals surface area contributed by atoms with Crippen LogP contribution in [0.5, 0.6) is 5.75 Å². The Morgan fingerprint density at radius 2 is 1.60 bits per heavy atom. The van der Waals surface area contributed by atoms with Crippen molar-refractivity contribution in [3.8, 4) is 5.75 Å². The number of carbonyl (C=O) groups is 2. The van der Waals surface area contributed by atoms with Gasteiger partial charge < -0.3 is 10.1 Å². The van der Waals surface area contributed by atoms with E-state index in [9.17, 15) is 18.0 Å². The van der Waals surface area contributed by atoms with Gasteiger partial charge in [0.2, 0.25) is 0 Å². The largest absolute Gasteiger partial charge is 0.484 e. The van der Waals surface area contributed by atoms with Crippen LogP contribution in [0.25, 0.3) is 0 Å². The molecule has 4 rings (SSSR count). The number of hydrazone groups is 1. The molecule has 2 amide bonds. The van der Waals surface area contributed by atoms with Gasteiger partial charge in [-0.15, -0.1) is 0 Å². The van der Waals surface area contributed by atoms with E-state index in [2.05, 4.69) is 15.8 Å². The van der Waals surface area contributed by atoms with Crippen molar-refractivity contribution in [2.45, 2.75) is 18.7 Å². The Kier molecular flexibility index (Phi) is 9.95. The van der Waals surface area contributed by atoms with E-state index in [1.165, 1.54) is 18.3 Å². The maximum absolute atomic E-state index is 13.5. The van der Waals surface area contributed by atoms with Gasteiger partial charge in [0, 0.05) is 0 Å². The zero-order valence-electron chi connectivity index (χ0n) is 23.0. The van der Waals surface area contributed by atoms with E-state index < -0.39 is 22.5 Å². The summed E-state index contributed by atoms with van der Waals surface area (Å²) in [5, 5.41) is 7.08. The highest BCUT2D eigenvalue weighted by Crippen LogP contribution is 2.27. The molecule has 2 N–H and O–H groups in total. The quantitative estimate of drug-likeness (QED) is 0.177. The van der Waals surface area contributed by atoms with E-state index in [4.69, 9.17) is 16.3 Å². The van der Waals surface area contributed by atoms with Crippen LogP contribution in [-0.2, 0) is 19.6 Å². The van der Waals surface area contributed by atoms with Gasteiger partial charge in [-0.25, -0.2) is 13.8 Å². The van der Waals surface area contributed by atoms with Gasteiger partial charge in [0.15, 0.2) is 6.61 Å². The van der Waals surface area contributed by atoms with Crippen molar-refractivity contribution in [1.29, 1.82) is 0 Å². The molecular formula is C31H29ClN4O5S. The standard InChI is InChI=1S/C31H29ClN4O5S/c1-22-12-17-29(23(2)18-22)36(42(39,40)26-8-4-3-5-9-26)20-30(37)35-33-19-24-13-15-25(16-14-24)41-21-31(38)34-28-11-7-6-10-27(28)32/h3-19H,20-21H2,1-2H3,(H,34,38)(H,35,37)/b33-19-. The van der Waals surface area contributed by atoms with Crippen molar-refractivity contribution in [3.63, 3.8) is 0 Å². The minimum atomic E-state index is -4.03. The Bertz CT molecular complexity index is 1690. The molecule has 0 unspecified atom stereocenters. The van der Waals surface area contributed by atoms with Crippen molar-refractivity contribution in [2.75, 3.05) is 22.8 Å². The molecule has 9 nitrogen and oxygen atoms in total. The molecule has 0 atom stereocenters. The minimum absolute atomic E-state index is 0.0740. The number of aryl methyl sites for hydroxylation is 2. The molecule has 4 aromatic rings. The first-order valence-electron chi connectivity index (χ1n) is 12.9. The monoisotopic (exact) mass is 604 g/mol. The van der Waals surface area contributed by atoms with Crippen molar-refractivity contribution in [2.24, 2.45) is 5.10 Å².